The molecule has 1 heterocycles. The van der Waals surface area contributed by atoms with Gasteiger partial charge in [-0.05, 0) is 78.6 Å². The van der Waals surface area contributed by atoms with E-state index in [1.165, 1.54) is 11.8 Å². The molecule has 4 N–H and O–H groups in total. The van der Waals surface area contributed by atoms with Crippen LogP contribution in [0.4, 0.5) is 5.69 Å². The van der Waals surface area contributed by atoms with Crippen molar-refractivity contribution in [2.24, 2.45) is 0 Å². The fraction of sp³-hybridized carbons (Fsp3) is 0.265. The van der Waals surface area contributed by atoms with Gasteiger partial charge in [0.25, 0.3) is 5.91 Å². The largest absolute Gasteiger partial charge is 0.494 e. The van der Waals surface area contributed by atoms with E-state index >= 15 is 0 Å². The van der Waals surface area contributed by atoms with E-state index in [1.54, 1.807) is 30.3 Å². The molecule has 0 bridgehead atoms. The monoisotopic (exact) mass is 619 g/mol. The quantitative estimate of drug-likeness (QED) is 0.164. The molecule has 0 aromatic heterocycles. The maximum absolute atomic E-state index is 12.6. The molecule has 9 heteroatoms. The number of nitrogens with one attached hydrogen (secondary N) is 1. The highest BCUT2D eigenvalue weighted by Crippen LogP contribution is 2.36. The summed E-state index contributed by atoms with van der Waals surface area (Å²) in [5, 5.41) is 35.9. The molecule has 4 aromatic rings. The number of hydrogen-bond acceptors (Lipinski definition) is 7. The van der Waals surface area contributed by atoms with Crippen LogP contribution >= 0.6 is 23.4 Å². The van der Waals surface area contributed by atoms with E-state index in [0.717, 1.165) is 21.8 Å². The Labute approximate surface area is 260 Å². The highest BCUT2D eigenvalue weighted by Gasteiger charge is 2.44. The zero-order valence-electron chi connectivity index (χ0n) is 23.6. The minimum absolute atomic E-state index is 0.210. The second kappa shape index (κ2) is 14.4. The molecule has 5 atom stereocenters. The summed E-state index contributed by atoms with van der Waals surface area (Å²) in [7, 11) is 0. The highest BCUT2D eigenvalue weighted by molar-refractivity contribution is 7.99. The molecule has 1 aliphatic heterocycles. The number of benzene rings is 4. The highest BCUT2D eigenvalue weighted by atomic mass is 35.5. The SMILES string of the molecule is CCOc1ccc(Cc2cc(C3OC(CSc4cccc(NC(=O)c5ccccc5)c4)C(O)C(O)C3O)ccc2Cl)cc1. The van der Waals surface area contributed by atoms with Gasteiger partial charge < -0.3 is 30.1 Å². The van der Waals surface area contributed by atoms with Crippen LogP contribution in [0, 0.1) is 0 Å². The zero-order valence-corrected chi connectivity index (χ0v) is 25.2. The Morgan fingerprint density at radius 2 is 1.67 bits per heavy atom. The lowest BCUT2D eigenvalue weighted by Gasteiger charge is -2.41. The van der Waals surface area contributed by atoms with Gasteiger partial charge in [-0.1, -0.05) is 60.1 Å². The first-order chi connectivity index (χ1) is 20.8. The van der Waals surface area contributed by atoms with E-state index < -0.39 is 30.5 Å². The summed E-state index contributed by atoms with van der Waals surface area (Å²) in [5.41, 5.74) is 3.74. The normalized spacial score (nSPS) is 21.7. The van der Waals surface area contributed by atoms with Gasteiger partial charge in [0.05, 0.1) is 12.7 Å². The topological polar surface area (TPSA) is 108 Å². The van der Waals surface area contributed by atoms with E-state index in [-0.39, 0.29) is 5.91 Å². The van der Waals surface area contributed by atoms with E-state index in [4.69, 9.17) is 21.1 Å². The number of halogens is 1. The summed E-state index contributed by atoms with van der Waals surface area (Å²) in [4.78, 5) is 13.4. The van der Waals surface area contributed by atoms with Crippen molar-refractivity contribution in [1.82, 2.24) is 0 Å². The van der Waals surface area contributed by atoms with Crippen LogP contribution in [-0.2, 0) is 11.2 Å². The Hall–Kier alpha value is -3.37. The number of rotatable bonds is 10. The van der Waals surface area contributed by atoms with Crippen LogP contribution in [0.3, 0.4) is 0 Å². The molecule has 4 aromatic carbocycles. The number of ether oxygens (including phenoxy) is 2. The van der Waals surface area contributed by atoms with Crippen molar-refractivity contribution in [3.8, 4) is 5.75 Å². The van der Waals surface area contributed by atoms with E-state index in [2.05, 4.69) is 5.32 Å². The van der Waals surface area contributed by atoms with Crippen LogP contribution in [0.2, 0.25) is 5.02 Å². The third-order valence-corrected chi connectivity index (χ3v) is 8.73. The molecule has 1 amide bonds. The van der Waals surface area contributed by atoms with E-state index in [9.17, 15) is 20.1 Å². The molecular formula is C34H34ClNO6S. The zero-order chi connectivity index (χ0) is 30.3. The molecule has 1 aliphatic rings. The standard InChI is InChI=1S/C34H34ClNO6S/c1-2-41-26-14-11-21(12-15-26)17-24-18-23(13-16-28(24)35)33-32(39)31(38)30(37)29(42-33)20-43-27-10-6-9-25(19-27)36-34(40)22-7-4-3-5-8-22/h3-16,18-19,29-33,37-39H,2,17,20H2,1H3,(H,36,40). The number of carbonyl (C=O) groups is 1. The Balaban J connectivity index is 1.26. The summed E-state index contributed by atoms with van der Waals surface area (Å²) in [6.07, 6.45) is -5.07. The molecule has 1 fully saturated rings. The van der Waals surface area contributed by atoms with E-state index in [1.807, 2.05) is 73.7 Å². The van der Waals surface area contributed by atoms with Crippen LogP contribution in [0.15, 0.2) is 102 Å². The number of thioether (sulfide) groups is 1. The summed E-state index contributed by atoms with van der Waals surface area (Å²) < 4.78 is 11.7. The molecule has 43 heavy (non-hydrogen) atoms. The number of hydrogen-bond donors (Lipinski definition) is 4. The minimum Gasteiger partial charge on any atom is -0.494 e. The fourth-order valence-electron chi connectivity index (χ4n) is 5.00. The fourth-order valence-corrected chi connectivity index (χ4v) is 6.20. The van der Waals surface area contributed by atoms with Crippen LogP contribution in [0.1, 0.15) is 40.1 Å². The second-order valence-electron chi connectivity index (χ2n) is 10.3. The number of aliphatic hydroxyl groups is 3. The molecule has 0 saturated carbocycles. The summed E-state index contributed by atoms with van der Waals surface area (Å²) >= 11 is 7.95. The summed E-state index contributed by atoms with van der Waals surface area (Å²) in [6, 6.07) is 29.5. The first kappa shape index (κ1) is 31.1. The third kappa shape index (κ3) is 7.78. The predicted molar refractivity (Wildman–Crippen MR) is 169 cm³/mol. The van der Waals surface area contributed by atoms with Crippen molar-refractivity contribution in [1.29, 1.82) is 0 Å². The second-order valence-corrected chi connectivity index (χ2v) is 11.8. The number of aliphatic hydroxyl groups excluding tert-OH is 3. The lowest BCUT2D eigenvalue weighted by molar-refractivity contribution is -0.218. The van der Waals surface area contributed by atoms with Crippen LogP contribution in [0.5, 0.6) is 5.75 Å². The number of anilines is 1. The molecule has 5 rings (SSSR count). The molecular weight excluding hydrogens is 586 g/mol. The first-order valence-electron chi connectivity index (χ1n) is 14.1. The van der Waals surface area contributed by atoms with Gasteiger partial charge in [0.1, 0.15) is 30.2 Å². The average Bonchev–Trinajstić information content (AvgIpc) is 3.02. The molecule has 0 spiro atoms. The molecule has 224 valence electrons. The van der Waals surface area contributed by atoms with Gasteiger partial charge >= 0.3 is 0 Å². The van der Waals surface area contributed by atoms with Gasteiger partial charge in [-0.15, -0.1) is 11.8 Å². The molecule has 0 radical (unpaired) electrons. The van der Waals surface area contributed by atoms with Gasteiger partial charge in [-0.3, -0.25) is 4.79 Å². The number of amides is 1. The third-order valence-electron chi connectivity index (χ3n) is 7.28. The van der Waals surface area contributed by atoms with Crippen molar-refractivity contribution < 1.29 is 29.6 Å². The molecule has 7 nitrogen and oxygen atoms in total. The molecule has 0 aliphatic carbocycles. The smallest absolute Gasteiger partial charge is 0.255 e. The predicted octanol–water partition coefficient (Wildman–Crippen LogP) is 5.90. The maximum Gasteiger partial charge on any atom is 0.255 e. The van der Waals surface area contributed by atoms with Crippen molar-refractivity contribution in [2.45, 2.75) is 48.8 Å². The van der Waals surface area contributed by atoms with Crippen molar-refractivity contribution >= 4 is 35.0 Å². The van der Waals surface area contributed by atoms with Gasteiger partial charge in [-0.25, -0.2) is 0 Å². The lowest BCUT2D eigenvalue weighted by atomic mass is 9.90. The Morgan fingerprint density at radius 1 is 0.907 bits per heavy atom. The minimum atomic E-state index is -1.40. The van der Waals surface area contributed by atoms with Gasteiger partial charge in [-0.2, -0.15) is 0 Å². The van der Waals surface area contributed by atoms with Gasteiger partial charge in [0.2, 0.25) is 0 Å². The van der Waals surface area contributed by atoms with Gasteiger partial charge in [0.15, 0.2) is 0 Å². The van der Waals surface area contributed by atoms with Crippen LogP contribution in [-0.4, -0.2) is 58.0 Å². The lowest BCUT2D eigenvalue weighted by Crippen LogP contribution is -2.54. The summed E-state index contributed by atoms with van der Waals surface area (Å²) in [5.74, 6) is 0.896. The summed E-state index contributed by atoms with van der Waals surface area (Å²) in [6.45, 7) is 2.53. The molecule has 1 saturated heterocycles. The van der Waals surface area contributed by atoms with Crippen LogP contribution in [0.25, 0.3) is 0 Å². The van der Waals surface area contributed by atoms with E-state index in [0.29, 0.717) is 40.6 Å². The first-order valence-corrected chi connectivity index (χ1v) is 15.5. The van der Waals surface area contributed by atoms with Crippen molar-refractivity contribution in [2.75, 3.05) is 17.7 Å². The molecule has 5 unspecified atom stereocenters. The Bertz CT molecular complexity index is 1520. The Kier molecular flexibility index (Phi) is 10.4. The van der Waals surface area contributed by atoms with Crippen LogP contribution < -0.4 is 10.1 Å². The van der Waals surface area contributed by atoms with Gasteiger partial charge in [0, 0.05) is 26.9 Å². The number of carbonyl (C=O) groups excluding carboxylic acids is 1. The Morgan fingerprint density at radius 3 is 2.42 bits per heavy atom. The average molecular weight is 620 g/mol. The van der Waals surface area contributed by atoms with Crippen molar-refractivity contribution in [3.63, 3.8) is 0 Å². The maximum atomic E-state index is 12.6. The van der Waals surface area contributed by atoms with Crippen molar-refractivity contribution in [3.05, 3.63) is 124 Å².